The Hall–Kier alpha value is -4.01. The van der Waals surface area contributed by atoms with Gasteiger partial charge in [-0.15, -0.1) is 29.3 Å². The van der Waals surface area contributed by atoms with E-state index in [1.54, 1.807) is 6.07 Å². The monoisotopic (exact) mass is 731 g/mol. The molecular weight excluding hydrogens is 698 g/mol. The first-order valence-electron chi connectivity index (χ1n) is 14.0. The van der Waals surface area contributed by atoms with Gasteiger partial charge in [-0.2, -0.15) is 0 Å². The average molecular weight is 732 g/mol. The molecule has 0 saturated heterocycles. The third-order valence-corrected chi connectivity index (χ3v) is 7.66. The molecule has 4 aromatic carbocycles. The van der Waals surface area contributed by atoms with Crippen molar-refractivity contribution in [3.05, 3.63) is 119 Å². The van der Waals surface area contributed by atoms with Crippen molar-refractivity contribution >= 4 is 11.0 Å². The number of aromatic hydroxyl groups is 1. The molecule has 6 rings (SSSR count). The van der Waals surface area contributed by atoms with Gasteiger partial charge in [-0.05, 0) is 61.6 Å². The SMILES string of the molecule is Cc1cc(C)c(-n2c(-c3ccccc3O)nc3c(-c4[c-]c(-c5ccccn5)cc(C(C)(C)C)c4)cccc32)c(C)c1.[Pt]. The predicted molar refractivity (Wildman–Crippen MR) is 169 cm³/mol. The van der Waals surface area contributed by atoms with E-state index in [0.29, 0.717) is 11.4 Å². The van der Waals surface area contributed by atoms with Crippen molar-refractivity contribution in [2.45, 2.75) is 47.0 Å². The molecular formula is C37H34N3OPt-. The number of fused-ring (bicyclic) bond motifs is 1. The molecule has 0 bridgehead atoms. The van der Waals surface area contributed by atoms with Crippen LogP contribution in [0, 0.1) is 26.8 Å². The van der Waals surface area contributed by atoms with Gasteiger partial charge in [-0.3, -0.25) is 9.55 Å². The van der Waals surface area contributed by atoms with Crippen LogP contribution in [0.3, 0.4) is 0 Å². The van der Waals surface area contributed by atoms with Crippen LogP contribution in [0.15, 0.2) is 91.1 Å². The second-order valence-electron chi connectivity index (χ2n) is 11.9. The van der Waals surface area contributed by atoms with Crippen LogP contribution in [0.2, 0.25) is 0 Å². The van der Waals surface area contributed by atoms with Gasteiger partial charge < -0.3 is 5.11 Å². The van der Waals surface area contributed by atoms with E-state index < -0.39 is 0 Å². The Kier molecular flexibility index (Phi) is 7.96. The standard InChI is InChI=1S/C37H34N3O.Pt/c1-23-18-24(2)35(25(3)19-23)40-32-15-11-13-29(34(32)39-36(40)30-12-7-8-16-33(30)41)26-20-27(31-14-9-10-17-38-31)22-28(21-26)37(4,5)6;/h7-19,21-22,41H,1-6H3;/q-1;. The number of nitrogens with zero attached hydrogens (tertiary/aromatic N) is 3. The van der Waals surface area contributed by atoms with E-state index in [2.05, 4.69) is 99.6 Å². The summed E-state index contributed by atoms with van der Waals surface area (Å²) in [5, 5.41) is 11.0. The molecule has 42 heavy (non-hydrogen) atoms. The summed E-state index contributed by atoms with van der Waals surface area (Å²) >= 11 is 0. The minimum absolute atomic E-state index is 0. The van der Waals surface area contributed by atoms with Crippen molar-refractivity contribution in [2.24, 2.45) is 0 Å². The van der Waals surface area contributed by atoms with Gasteiger partial charge in [0.15, 0.2) is 0 Å². The second kappa shape index (κ2) is 11.3. The number of rotatable bonds is 4. The molecule has 0 aliphatic rings. The zero-order valence-corrected chi connectivity index (χ0v) is 27.0. The smallest absolute Gasteiger partial charge is 0.148 e. The van der Waals surface area contributed by atoms with Crippen LogP contribution in [0.5, 0.6) is 5.75 Å². The molecule has 0 aliphatic carbocycles. The maximum Gasteiger partial charge on any atom is 0.148 e. The number of aromatic nitrogens is 3. The fourth-order valence-electron chi connectivity index (χ4n) is 5.72. The van der Waals surface area contributed by atoms with Crippen molar-refractivity contribution in [2.75, 3.05) is 0 Å². The molecule has 0 fully saturated rings. The first-order valence-corrected chi connectivity index (χ1v) is 14.0. The van der Waals surface area contributed by atoms with Crippen LogP contribution in [0.4, 0.5) is 0 Å². The number of pyridine rings is 1. The van der Waals surface area contributed by atoms with Crippen LogP contribution < -0.4 is 0 Å². The van der Waals surface area contributed by atoms with Crippen molar-refractivity contribution in [1.82, 2.24) is 14.5 Å². The van der Waals surface area contributed by atoms with E-state index in [1.165, 1.54) is 11.1 Å². The van der Waals surface area contributed by atoms with Crippen LogP contribution in [0.25, 0.3) is 50.5 Å². The maximum absolute atomic E-state index is 11.0. The van der Waals surface area contributed by atoms with Gasteiger partial charge in [0.05, 0.1) is 22.3 Å². The van der Waals surface area contributed by atoms with Gasteiger partial charge >= 0.3 is 0 Å². The summed E-state index contributed by atoms with van der Waals surface area (Å²) in [6.45, 7) is 13.1. The van der Waals surface area contributed by atoms with Crippen LogP contribution in [-0.2, 0) is 26.5 Å². The van der Waals surface area contributed by atoms with Crippen LogP contribution in [-0.4, -0.2) is 19.6 Å². The van der Waals surface area contributed by atoms with Crippen LogP contribution in [0.1, 0.15) is 43.0 Å². The van der Waals surface area contributed by atoms with Gasteiger partial charge in [0.1, 0.15) is 11.6 Å². The molecule has 1 N–H and O–H groups in total. The van der Waals surface area contributed by atoms with E-state index in [0.717, 1.165) is 50.2 Å². The number of benzene rings is 4. The van der Waals surface area contributed by atoms with E-state index in [9.17, 15) is 5.11 Å². The van der Waals surface area contributed by atoms with E-state index in [-0.39, 0.29) is 32.2 Å². The predicted octanol–water partition coefficient (Wildman–Crippen LogP) is 9.15. The summed E-state index contributed by atoms with van der Waals surface area (Å²) in [4.78, 5) is 9.89. The number of phenols is 1. The summed E-state index contributed by atoms with van der Waals surface area (Å²) < 4.78 is 2.20. The van der Waals surface area contributed by atoms with Gasteiger partial charge in [0.2, 0.25) is 0 Å². The number of aryl methyl sites for hydroxylation is 3. The van der Waals surface area contributed by atoms with E-state index >= 15 is 0 Å². The Morgan fingerprint density at radius 2 is 1.43 bits per heavy atom. The number of hydrogen-bond donors (Lipinski definition) is 1. The summed E-state index contributed by atoms with van der Waals surface area (Å²) in [7, 11) is 0. The van der Waals surface area contributed by atoms with Crippen LogP contribution >= 0.6 is 0 Å². The number of imidazole rings is 1. The normalized spacial score (nSPS) is 11.5. The average Bonchev–Trinajstić information content (AvgIpc) is 3.31. The summed E-state index contributed by atoms with van der Waals surface area (Å²) in [5.74, 6) is 0.907. The van der Waals surface area contributed by atoms with E-state index in [4.69, 9.17) is 4.98 Å². The third-order valence-electron chi connectivity index (χ3n) is 7.66. The zero-order valence-electron chi connectivity index (χ0n) is 24.8. The largest absolute Gasteiger partial charge is 0.507 e. The minimum Gasteiger partial charge on any atom is -0.507 e. The molecule has 0 spiro atoms. The minimum atomic E-state index is -0.0717. The Labute approximate surface area is 262 Å². The Morgan fingerprint density at radius 1 is 0.762 bits per heavy atom. The Balaban J connectivity index is 0.00000353. The van der Waals surface area contributed by atoms with Gasteiger partial charge in [0, 0.05) is 33.0 Å². The zero-order chi connectivity index (χ0) is 28.9. The first kappa shape index (κ1) is 29.5. The molecule has 4 nitrogen and oxygen atoms in total. The summed E-state index contributed by atoms with van der Waals surface area (Å²) in [6, 6.07) is 32.2. The van der Waals surface area contributed by atoms with Crippen molar-refractivity contribution in [1.29, 1.82) is 0 Å². The fraction of sp³-hybridized carbons (Fsp3) is 0.189. The fourth-order valence-corrected chi connectivity index (χ4v) is 5.72. The molecule has 2 aromatic heterocycles. The second-order valence-corrected chi connectivity index (χ2v) is 11.9. The maximum atomic E-state index is 11.0. The third kappa shape index (κ3) is 5.32. The molecule has 0 saturated carbocycles. The molecule has 0 unspecified atom stereocenters. The molecule has 214 valence electrons. The first-order chi connectivity index (χ1) is 19.6. The van der Waals surface area contributed by atoms with E-state index in [1.807, 2.05) is 42.6 Å². The number of phenolic OH excluding ortho intramolecular Hbond substituents is 1. The molecule has 0 atom stereocenters. The van der Waals surface area contributed by atoms with Gasteiger partial charge in [0.25, 0.3) is 0 Å². The molecule has 0 amide bonds. The quantitative estimate of drug-likeness (QED) is 0.184. The van der Waals surface area contributed by atoms with Crippen molar-refractivity contribution < 1.29 is 26.2 Å². The number of para-hydroxylation sites is 2. The Morgan fingerprint density at radius 3 is 2.10 bits per heavy atom. The molecule has 0 aliphatic heterocycles. The Bertz CT molecular complexity index is 1890. The molecule has 0 radical (unpaired) electrons. The number of hydrogen-bond acceptors (Lipinski definition) is 3. The van der Waals surface area contributed by atoms with Crippen molar-refractivity contribution in [3.63, 3.8) is 0 Å². The summed E-state index contributed by atoms with van der Waals surface area (Å²) in [6.07, 6.45) is 1.82. The topological polar surface area (TPSA) is 50.9 Å². The van der Waals surface area contributed by atoms with Crippen molar-refractivity contribution in [3.8, 4) is 45.2 Å². The molecule has 5 heteroatoms. The van der Waals surface area contributed by atoms with Gasteiger partial charge in [-0.1, -0.05) is 86.0 Å². The molecule has 6 aromatic rings. The molecule has 2 heterocycles. The van der Waals surface area contributed by atoms with Gasteiger partial charge in [-0.25, -0.2) is 4.98 Å². The summed E-state index contributed by atoms with van der Waals surface area (Å²) in [5.41, 5.74) is 12.1.